The van der Waals surface area contributed by atoms with E-state index in [0.717, 1.165) is 11.8 Å². The maximum Gasteiger partial charge on any atom is 0.343 e. The average Bonchev–Trinajstić information content (AvgIpc) is 2.55. The van der Waals surface area contributed by atoms with Gasteiger partial charge < -0.3 is 5.73 Å². The number of rotatable bonds is 2. The minimum absolute atomic E-state index is 0.322. The molecule has 0 fully saturated rings. The molecule has 0 spiro atoms. The Morgan fingerprint density at radius 1 is 1.56 bits per heavy atom. The second-order valence-electron chi connectivity index (χ2n) is 3.15. The van der Waals surface area contributed by atoms with Gasteiger partial charge in [0, 0.05) is 17.6 Å². The van der Waals surface area contributed by atoms with E-state index in [9.17, 15) is 9.18 Å². The normalized spacial score (nSPS) is 10.6. The van der Waals surface area contributed by atoms with Gasteiger partial charge in [-0.05, 0) is 30.0 Å². The van der Waals surface area contributed by atoms with Crippen molar-refractivity contribution in [2.45, 2.75) is 10.1 Å². The topological polar surface area (TPSA) is 76.7 Å². The summed E-state index contributed by atoms with van der Waals surface area (Å²) in [6.07, 6.45) is 0. The van der Waals surface area contributed by atoms with Gasteiger partial charge >= 0.3 is 5.69 Å². The van der Waals surface area contributed by atoms with Gasteiger partial charge in [-0.2, -0.15) is 0 Å². The van der Waals surface area contributed by atoms with Gasteiger partial charge in [0.15, 0.2) is 5.16 Å². The highest BCUT2D eigenvalue weighted by Gasteiger charge is 2.09. The Balaban J connectivity index is 2.37. The first kappa shape index (κ1) is 10.7. The molecule has 3 N–H and O–H groups in total. The van der Waals surface area contributed by atoms with Crippen LogP contribution in [0.15, 0.2) is 33.0 Å². The lowest BCUT2D eigenvalue weighted by Gasteiger charge is -2.03. The molecule has 5 nitrogen and oxygen atoms in total. The SMILES string of the molecule is Cn1c(Sc2cc(F)ccc2N)n[nH]c1=O. The maximum absolute atomic E-state index is 13.0. The van der Waals surface area contributed by atoms with Crippen LogP contribution in [-0.4, -0.2) is 14.8 Å². The highest BCUT2D eigenvalue weighted by atomic mass is 32.2. The number of nitrogens with zero attached hydrogens (tertiary/aromatic N) is 2. The van der Waals surface area contributed by atoms with Gasteiger partial charge in [-0.3, -0.25) is 4.57 Å². The van der Waals surface area contributed by atoms with Crippen LogP contribution < -0.4 is 11.4 Å². The molecule has 0 atom stereocenters. The van der Waals surface area contributed by atoms with Crippen LogP contribution in [0.1, 0.15) is 0 Å². The summed E-state index contributed by atoms with van der Waals surface area (Å²) in [6, 6.07) is 4.06. The van der Waals surface area contributed by atoms with Crippen LogP contribution >= 0.6 is 11.8 Å². The minimum Gasteiger partial charge on any atom is -0.398 e. The Hall–Kier alpha value is -1.76. The molecule has 7 heteroatoms. The van der Waals surface area contributed by atoms with Crippen LogP contribution in [0.25, 0.3) is 0 Å². The van der Waals surface area contributed by atoms with Gasteiger partial charge in [0.25, 0.3) is 0 Å². The summed E-state index contributed by atoms with van der Waals surface area (Å²) in [6.45, 7) is 0. The Morgan fingerprint density at radius 2 is 2.31 bits per heavy atom. The quantitative estimate of drug-likeness (QED) is 0.767. The molecule has 1 aromatic heterocycles. The van der Waals surface area contributed by atoms with Crippen molar-refractivity contribution in [3.05, 3.63) is 34.5 Å². The van der Waals surface area contributed by atoms with E-state index >= 15 is 0 Å². The van der Waals surface area contributed by atoms with Crippen LogP contribution in [0.2, 0.25) is 0 Å². The smallest absolute Gasteiger partial charge is 0.343 e. The van der Waals surface area contributed by atoms with E-state index in [1.807, 2.05) is 0 Å². The van der Waals surface area contributed by atoms with Crippen molar-refractivity contribution in [3.63, 3.8) is 0 Å². The molecule has 0 aliphatic heterocycles. The number of nitrogens with two attached hydrogens (primary N) is 1. The van der Waals surface area contributed by atoms with Crippen LogP contribution in [-0.2, 0) is 7.05 Å². The van der Waals surface area contributed by atoms with Gasteiger partial charge in [-0.25, -0.2) is 14.3 Å². The number of benzene rings is 1. The molecule has 16 heavy (non-hydrogen) atoms. The summed E-state index contributed by atoms with van der Waals surface area (Å²) in [5.74, 6) is -0.378. The third-order valence-electron chi connectivity index (χ3n) is 2.02. The number of aromatic nitrogens is 3. The average molecular weight is 240 g/mol. The zero-order chi connectivity index (χ0) is 11.7. The molecule has 0 saturated carbocycles. The van der Waals surface area contributed by atoms with E-state index in [4.69, 9.17) is 5.73 Å². The zero-order valence-corrected chi connectivity index (χ0v) is 9.21. The third-order valence-corrected chi connectivity index (χ3v) is 3.14. The van der Waals surface area contributed by atoms with E-state index < -0.39 is 0 Å². The van der Waals surface area contributed by atoms with Crippen molar-refractivity contribution in [2.24, 2.45) is 7.05 Å². The van der Waals surface area contributed by atoms with Gasteiger partial charge in [-0.1, -0.05) is 0 Å². The van der Waals surface area contributed by atoms with E-state index in [1.165, 1.54) is 22.8 Å². The summed E-state index contributed by atoms with van der Waals surface area (Å²) >= 11 is 1.13. The van der Waals surface area contributed by atoms with Crippen molar-refractivity contribution >= 4 is 17.4 Å². The van der Waals surface area contributed by atoms with Gasteiger partial charge in [-0.15, -0.1) is 5.10 Å². The first-order chi connectivity index (χ1) is 7.58. The Morgan fingerprint density at radius 3 is 2.94 bits per heavy atom. The fourth-order valence-electron chi connectivity index (χ4n) is 1.12. The van der Waals surface area contributed by atoms with Crippen LogP contribution in [0.4, 0.5) is 10.1 Å². The van der Waals surface area contributed by atoms with Crippen molar-refractivity contribution < 1.29 is 4.39 Å². The molecule has 1 aromatic carbocycles. The first-order valence-corrected chi connectivity index (χ1v) is 5.24. The van der Waals surface area contributed by atoms with Gasteiger partial charge in [0.05, 0.1) is 0 Å². The molecule has 2 rings (SSSR count). The predicted octanol–water partition coefficient (Wildman–Crippen LogP) is 0.981. The largest absolute Gasteiger partial charge is 0.398 e. The summed E-state index contributed by atoms with van der Waals surface area (Å²) in [5.41, 5.74) is 5.81. The summed E-state index contributed by atoms with van der Waals surface area (Å²) in [4.78, 5) is 11.6. The number of H-pyrrole nitrogens is 1. The van der Waals surface area contributed by atoms with E-state index in [-0.39, 0.29) is 11.5 Å². The third kappa shape index (κ3) is 1.94. The second kappa shape index (κ2) is 4.01. The predicted molar refractivity (Wildman–Crippen MR) is 58.8 cm³/mol. The number of anilines is 1. The Bertz CT molecular complexity index is 577. The molecule has 0 radical (unpaired) electrons. The molecule has 0 aliphatic carbocycles. The lowest BCUT2D eigenvalue weighted by atomic mass is 10.3. The molecule has 0 unspecified atom stereocenters. The molecule has 0 aliphatic rings. The molecule has 0 amide bonds. The number of halogens is 1. The van der Waals surface area contributed by atoms with Crippen molar-refractivity contribution in [1.29, 1.82) is 0 Å². The maximum atomic E-state index is 13.0. The lowest BCUT2D eigenvalue weighted by molar-refractivity contribution is 0.624. The van der Waals surface area contributed by atoms with Crippen LogP contribution in [0.3, 0.4) is 0 Å². The highest BCUT2D eigenvalue weighted by Crippen LogP contribution is 2.30. The fourth-order valence-corrected chi connectivity index (χ4v) is 1.98. The highest BCUT2D eigenvalue weighted by molar-refractivity contribution is 7.99. The standard InChI is InChI=1S/C9H9FN4OS/c1-14-8(15)12-13-9(14)16-7-4-5(10)2-3-6(7)11/h2-4H,11H2,1H3,(H,12,15). The Labute approximate surface area is 94.5 Å². The Kier molecular flexibility index (Phi) is 2.69. The summed E-state index contributed by atoms with van der Waals surface area (Å²) in [7, 11) is 1.57. The molecule has 2 aromatic rings. The van der Waals surface area contributed by atoms with E-state index in [0.29, 0.717) is 15.7 Å². The number of aromatic amines is 1. The van der Waals surface area contributed by atoms with Crippen LogP contribution in [0.5, 0.6) is 0 Å². The number of nitrogen functional groups attached to an aromatic ring is 1. The lowest BCUT2D eigenvalue weighted by Crippen LogP contribution is -2.12. The molecular formula is C9H9FN4OS. The molecule has 0 saturated heterocycles. The summed E-state index contributed by atoms with van der Waals surface area (Å²) < 4.78 is 14.3. The van der Waals surface area contributed by atoms with E-state index in [1.54, 1.807) is 7.05 Å². The number of hydrogen-bond donors (Lipinski definition) is 2. The summed E-state index contributed by atoms with van der Waals surface area (Å²) in [5, 5.41) is 6.52. The molecular weight excluding hydrogens is 231 g/mol. The first-order valence-electron chi connectivity index (χ1n) is 4.42. The van der Waals surface area contributed by atoms with Crippen molar-refractivity contribution in [1.82, 2.24) is 14.8 Å². The number of hydrogen-bond acceptors (Lipinski definition) is 4. The molecule has 0 bridgehead atoms. The van der Waals surface area contributed by atoms with Crippen LogP contribution in [0, 0.1) is 5.82 Å². The fraction of sp³-hybridized carbons (Fsp3) is 0.111. The van der Waals surface area contributed by atoms with E-state index in [2.05, 4.69) is 10.2 Å². The van der Waals surface area contributed by atoms with Gasteiger partial charge in [0.1, 0.15) is 5.82 Å². The van der Waals surface area contributed by atoms with Crippen molar-refractivity contribution in [2.75, 3.05) is 5.73 Å². The van der Waals surface area contributed by atoms with Gasteiger partial charge in [0.2, 0.25) is 0 Å². The number of nitrogens with one attached hydrogen (secondary N) is 1. The molecule has 84 valence electrons. The van der Waals surface area contributed by atoms with Crippen molar-refractivity contribution in [3.8, 4) is 0 Å². The molecule has 1 heterocycles. The zero-order valence-electron chi connectivity index (χ0n) is 8.40. The monoisotopic (exact) mass is 240 g/mol. The second-order valence-corrected chi connectivity index (χ2v) is 4.16. The minimum atomic E-state index is -0.378.